The highest BCUT2D eigenvalue weighted by atomic mass is 35.5. The fourth-order valence-electron chi connectivity index (χ4n) is 3.31. The molecule has 0 spiro atoms. The maximum atomic E-state index is 13.0. The summed E-state index contributed by atoms with van der Waals surface area (Å²) in [6.45, 7) is 1.45. The van der Waals surface area contributed by atoms with Gasteiger partial charge in [-0.05, 0) is 36.4 Å². The van der Waals surface area contributed by atoms with Crippen LogP contribution in [-0.2, 0) is 16.6 Å². The van der Waals surface area contributed by atoms with Crippen LogP contribution in [0.4, 0.5) is 18.9 Å². The van der Waals surface area contributed by atoms with Crippen LogP contribution in [-0.4, -0.2) is 10.7 Å². The molecule has 192 valence electrons. The van der Waals surface area contributed by atoms with E-state index >= 15 is 0 Å². The molecule has 13 heteroatoms. The van der Waals surface area contributed by atoms with Gasteiger partial charge < -0.3 is 9.47 Å². The molecule has 0 aromatic heterocycles. The van der Waals surface area contributed by atoms with E-state index in [1.165, 1.54) is 25.1 Å². The van der Waals surface area contributed by atoms with E-state index in [1.807, 2.05) is 0 Å². The van der Waals surface area contributed by atoms with Crippen LogP contribution >= 0.6 is 34.8 Å². The number of ketones is 1. The number of rotatable bonds is 8. The predicted molar refractivity (Wildman–Crippen MR) is 129 cm³/mol. The summed E-state index contributed by atoms with van der Waals surface area (Å²) in [4.78, 5) is 23.9. The van der Waals surface area contributed by atoms with Gasteiger partial charge in [0.05, 0.1) is 31.1 Å². The fourth-order valence-corrected chi connectivity index (χ4v) is 4.20. The van der Waals surface area contributed by atoms with Crippen molar-refractivity contribution in [2.75, 3.05) is 0 Å². The second-order valence-corrected chi connectivity index (χ2v) is 8.62. The van der Waals surface area contributed by atoms with Crippen molar-refractivity contribution < 1.29 is 32.4 Å². The number of alkyl halides is 3. The number of carbonyl (C=O) groups excluding carboxylic acids is 1. The highest BCUT2D eigenvalue weighted by Gasteiger charge is 2.46. The number of nitrogens with zero attached hydrogens (tertiary/aromatic N) is 2. The summed E-state index contributed by atoms with van der Waals surface area (Å²) in [5.41, 5.74) is -4.33. The summed E-state index contributed by atoms with van der Waals surface area (Å²) in [5, 5.41) is 21.2. The molecule has 0 saturated heterocycles. The van der Waals surface area contributed by atoms with Crippen LogP contribution in [0.15, 0.2) is 54.6 Å². The molecule has 3 aromatic carbocycles. The van der Waals surface area contributed by atoms with E-state index in [0.717, 1.165) is 30.3 Å². The monoisotopic (exact) mass is 572 g/mol. The topological polar surface area (TPSA) is 102 Å². The number of carbonyl (C=O) groups is 1. The predicted octanol–water partition coefficient (Wildman–Crippen LogP) is 8.14. The molecule has 0 heterocycles. The van der Waals surface area contributed by atoms with Gasteiger partial charge in [-0.25, -0.2) is 0 Å². The molecule has 0 aliphatic rings. The van der Waals surface area contributed by atoms with Crippen molar-refractivity contribution in [3.8, 4) is 23.3 Å². The molecule has 0 saturated carbocycles. The zero-order chi connectivity index (χ0) is 27.5. The Morgan fingerprint density at radius 2 is 1.68 bits per heavy atom. The number of ether oxygens (including phenoxy) is 2. The third-order valence-corrected chi connectivity index (χ3v) is 5.99. The first-order valence-electron chi connectivity index (χ1n) is 10.2. The lowest BCUT2D eigenvalue weighted by molar-refractivity contribution is -0.386. The molecule has 37 heavy (non-hydrogen) atoms. The Hall–Kier alpha value is -3.52. The molecule has 0 radical (unpaired) electrons. The molecule has 0 aliphatic heterocycles. The smallest absolute Gasteiger partial charge is 0.416 e. The van der Waals surface area contributed by atoms with E-state index < -0.39 is 39.5 Å². The number of hydrogen-bond donors (Lipinski definition) is 0. The molecule has 1 unspecified atom stereocenters. The Morgan fingerprint density at radius 3 is 2.19 bits per heavy atom. The van der Waals surface area contributed by atoms with Crippen molar-refractivity contribution in [1.82, 2.24) is 0 Å². The van der Waals surface area contributed by atoms with Crippen LogP contribution in [0.3, 0.4) is 0 Å². The highest BCUT2D eigenvalue weighted by Crippen LogP contribution is 2.43. The molecule has 0 bridgehead atoms. The van der Waals surface area contributed by atoms with Crippen LogP contribution < -0.4 is 9.47 Å². The van der Waals surface area contributed by atoms with E-state index in [0.29, 0.717) is 6.07 Å². The highest BCUT2D eigenvalue weighted by molar-refractivity contribution is 6.36. The van der Waals surface area contributed by atoms with Crippen LogP contribution in [0.1, 0.15) is 24.5 Å². The Labute approximate surface area is 223 Å². The van der Waals surface area contributed by atoms with E-state index in [4.69, 9.17) is 44.3 Å². The zero-order valence-corrected chi connectivity index (χ0v) is 20.9. The van der Waals surface area contributed by atoms with Gasteiger partial charge in [-0.1, -0.05) is 47.8 Å². The van der Waals surface area contributed by atoms with Crippen molar-refractivity contribution in [2.24, 2.45) is 0 Å². The summed E-state index contributed by atoms with van der Waals surface area (Å²) < 4.78 is 50.0. The summed E-state index contributed by atoms with van der Waals surface area (Å²) in [5.74, 6) is -1.70. The lowest BCUT2D eigenvalue weighted by Gasteiger charge is -2.28. The second-order valence-electron chi connectivity index (χ2n) is 7.40. The minimum atomic E-state index is -4.64. The summed E-state index contributed by atoms with van der Waals surface area (Å²) in [6.07, 6.45) is -4.86. The molecule has 0 aliphatic carbocycles. The quantitative estimate of drug-likeness (QED) is 0.199. The van der Waals surface area contributed by atoms with Crippen LogP contribution in [0.5, 0.6) is 17.2 Å². The third kappa shape index (κ3) is 5.74. The van der Waals surface area contributed by atoms with Crippen LogP contribution in [0.25, 0.3) is 0 Å². The number of benzene rings is 3. The SMILES string of the molecule is CCC(=O)C(C#N)(Oc1cc(Oc2ccc(C(F)(F)F)cc2Cl)ccc1[N+](=O)[O-])c1c(Cl)cccc1Cl. The molecule has 3 rings (SSSR count). The molecular formula is C24H14Cl3F3N2O5. The number of nitro groups is 1. The number of Topliss-reactive ketones (excluding diaryl/α,β-unsaturated/α-hetero) is 1. The molecule has 3 aromatic rings. The van der Waals surface area contributed by atoms with E-state index in [-0.39, 0.29) is 38.6 Å². The lowest BCUT2D eigenvalue weighted by atomic mass is 9.88. The average Bonchev–Trinajstić information content (AvgIpc) is 2.83. The summed E-state index contributed by atoms with van der Waals surface area (Å²) >= 11 is 18.4. The summed E-state index contributed by atoms with van der Waals surface area (Å²) in [6, 6.07) is 11.4. The van der Waals surface area contributed by atoms with Crippen molar-refractivity contribution in [1.29, 1.82) is 5.26 Å². The second kappa shape index (κ2) is 10.8. The number of halogens is 6. The van der Waals surface area contributed by atoms with Gasteiger partial charge in [0.25, 0.3) is 5.60 Å². The summed E-state index contributed by atoms with van der Waals surface area (Å²) in [7, 11) is 0. The van der Waals surface area contributed by atoms with Gasteiger partial charge in [0.1, 0.15) is 17.6 Å². The van der Waals surface area contributed by atoms with Gasteiger partial charge in [-0.2, -0.15) is 18.4 Å². The molecule has 0 fully saturated rings. The lowest BCUT2D eigenvalue weighted by Crippen LogP contribution is -2.41. The van der Waals surface area contributed by atoms with Gasteiger partial charge in [0.2, 0.25) is 5.75 Å². The molecule has 0 amide bonds. The Morgan fingerprint density at radius 1 is 1.03 bits per heavy atom. The van der Waals surface area contributed by atoms with Gasteiger partial charge in [0, 0.05) is 18.6 Å². The first-order chi connectivity index (χ1) is 17.3. The van der Waals surface area contributed by atoms with Gasteiger partial charge >= 0.3 is 11.9 Å². The maximum Gasteiger partial charge on any atom is 0.416 e. The van der Waals surface area contributed by atoms with E-state index in [9.17, 15) is 33.3 Å². The van der Waals surface area contributed by atoms with Gasteiger partial charge in [-0.15, -0.1) is 0 Å². The number of nitro benzene ring substituents is 1. The van der Waals surface area contributed by atoms with E-state index in [1.54, 1.807) is 6.07 Å². The Balaban J connectivity index is 2.13. The Kier molecular flexibility index (Phi) is 8.22. The van der Waals surface area contributed by atoms with Crippen molar-refractivity contribution >= 4 is 46.3 Å². The van der Waals surface area contributed by atoms with Crippen molar-refractivity contribution in [3.05, 3.63) is 90.9 Å². The standard InChI is InChI=1S/C24H14Cl3F3N2O5/c1-2-21(33)23(12-31,22-15(25)4-3-5-16(22)26)37-20-11-14(7-8-18(20)32(34)35)36-19-9-6-13(10-17(19)27)24(28,29)30/h3-11H,2H2,1H3. The maximum absolute atomic E-state index is 13.0. The van der Waals surface area contributed by atoms with Crippen LogP contribution in [0, 0.1) is 21.4 Å². The van der Waals surface area contributed by atoms with E-state index in [2.05, 4.69) is 0 Å². The average molecular weight is 574 g/mol. The number of hydrogen-bond acceptors (Lipinski definition) is 6. The third-order valence-electron chi connectivity index (χ3n) is 5.06. The minimum absolute atomic E-state index is 0.0950. The molecule has 7 nitrogen and oxygen atoms in total. The first kappa shape index (κ1) is 28.1. The molecular weight excluding hydrogens is 560 g/mol. The van der Waals surface area contributed by atoms with Gasteiger partial charge in [0.15, 0.2) is 5.78 Å². The largest absolute Gasteiger partial charge is 0.456 e. The van der Waals surface area contributed by atoms with Gasteiger partial charge in [-0.3, -0.25) is 14.9 Å². The fraction of sp³-hybridized carbons (Fsp3) is 0.167. The molecule has 1 atom stereocenters. The van der Waals surface area contributed by atoms with Crippen LogP contribution in [0.2, 0.25) is 15.1 Å². The van der Waals surface area contributed by atoms with Crippen molar-refractivity contribution in [2.45, 2.75) is 25.1 Å². The normalized spacial score (nSPS) is 12.8. The Bertz CT molecular complexity index is 1410. The molecule has 0 N–H and O–H groups in total. The number of nitriles is 1. The zero-order valence-electron chi connectivity index (χ0n) is 18.6. The first-order valence-corrected chi connectivity index (χ1v) is 11.4. The minimum Gasteiger partial charge on any atom is -0.456 e. The van der Waals surface area contributed by atoms with Crippen molar-refractivity contribution in [3.63, 3.8) is 0 Å².